The van der Waals surface area contributed by atoms with Crippen molar-refractivity contribution in [1.29, 1.82) is 0 Å². The van der Waals surface area contributed by atoms with Gasteiger partial charge in [0, 0.05) is 13.0 Å². The molecule has 0 unspecified atom stereocenters. The zero-order valence-corrected chi connectivity index (χ0v) is 8.35. The molecule has 0 heterocycles. The Kier molecular flexibility index (Phi) is 4.90. The van der Waals surface area contributed by atoms with Gasteiger partial charge in [-0.25, -0.2) is 0 Å². The van der Waals surface area contributed by atoms with E-state index < -0.39 is 0 Å². The van der Waals surface area contributed by atoms with E-state index in [1.54, 1.807) is 0 Å². The molecule has 0 saturated carbocycles. The average Bonchev–Trinajstić information content (AvgIpc) is 1.96. The Morgan fingerprint density at radius 2 is 1.92 bits per heavy atom. The van der Waals surface area contributed by atoms with Crippen LogP contribution in [-0.2, 0) is 14.3 Å². The van der Waals surface area contributed by atoms with E-state index in [2.05, 4.69) is 4.74 Å². The molecule has 0 aliphatic heterocycles. The minimum Gasteiger partial charge on any atom is -0.469 e. The van der Waals surface area contributed by atoms with E-state index in [9.17, 15) is 4.79 Å². The fourth-order valence-corrected chi connectivity index (χ4v) is 0.697. The number of methoxy groups -OCH3 is 1. The average molecular weight is 174 g/mol. The van der Waals surface area contributed by atoms with E-state index in [1.165, 1.54) is 7.11 Å². The summed E-state index contributed by atoms with van der Waals surface area (Å²) in [7, 11) is 1.40. The summed E-state index contributed by atoms with van der Waals surface area (Å²) >= 11 is 0. The summed E-state index contributed by atoms with van der Waals surface area (Å²) in [4.78, 5) is 10.7. The summed E-state index contributed by atoms with van der Waals surface area (Å²) in [5.74, 6) is -0.174. The molecule has 0 spiro atoms. The van der Waals surface area contributed by atoms with Gasteiger partial charge in [0.25, 0.3) is 0 Å². The van der Waals surface area contributed by atoms with Gasteiger partial charge < -0.3 is 9.47 Å². The molecule has 0 fully saturated rings. The van der Waals surface area contributed by atoms with Crippen LogP contribution in [0.4, 0.5) is 0 Å². The normalized spacial score (nSPS) is 11.3. The largest absolute Gasteiger partial charge is 0.469 e. The van der Waals surface area contributed by atoms with Gasteiger partial charge in [0.05, 0.1) is 12.7 Å². The molecule has 0 bridgehead atoms. The molecular weight excluding hydrogens is 156 g/mol. The Balaban J connectivity index is 3.28. The van der Waals surface area contributed by atoms with Gasteiger partial charge in [-0.3, -0.25) is 4.79 Å². The summed E-state index contributed by atoms with van der Waals surface area (Å²) in [5.41, 5.74) is -0.115. The third-order valence-electron chi connectivity index (χ3n) is 1.29. The molecular formula is C9H18O3. The number of hydrogen-bond donors (Lipinski definition) is 0. The van der Waals surface area contributed by atoms with E-state index in [4.69, 9.17) is 4.74 Å². The molecule has 0 aliphatic rings. The Morgan fingerprint density at radius 1 is 1.33 bits per heavy atom. The highest BCUT2D eigenvalue weighted by atomic mass is 16.5. The van der Waals surface area contributed by atoms with Gasteiger partial charge >= 0.3 is 5.97 Å². The van der Waals surface area contributed by atoms with E-state index in [0.717, 1.165) is 6.42 Å². The van der Waals surface area contributed by atoms with Crippen LogP contribution in [0.15, 0.2) is 0 Å². The number of rotatable bonds is 4. The highest BCUT2D eigenvalue weighted by Crippen LogP contribution is 2.07. The van der Waals surface area contributed by atoms with Crippen molar-refractivity contribution in [1.82, 2.24) is 0 Å². The molecule has 0 N–H and O–H groups in total. The van der Waals surface area contributed by atoms with E-state index in [-0.39, 0.29) is 11.6 Å². The van der Waals surface area contributed by atoms with Crippen LogP contribution in [0, 0.1) is 0 Å². The van der Waals surface area contributed by atoms with Gasteiger partial charge in [-0.2, -0.15) is 0 Å². The quantitative estimate of drug-likeness (QED) is 0.481. The second-order valence-electron chi connectivity index (χ2n) is 3.64. The molecule has 3 heteroatoms. The van der Waals surface area contributed by atoms with Crippen LogP contribution < -0.4 is 0 Å². The summed E-state index contributed by atoms with van der Waals surface area (Å²) in [6.07, 6.45) is 1.16. The lowest BCUT2D eigenvalue weighted by molar-refractivity contribution is -0.141. The first-order valence-electron chi connectivity index (χ1n) is 4.16. The van der Waals surface area contributed by atoms with Gasteiger partial charge in [-0.05, 0) is 27.2 Å². The number of esters is 1. The Hall–Kier alpha value is -0.570. The lowest BCUT2D eigenvalue weighted by Gasteiger charge is -2.18. The minimum atomic E-state index is -0.174. The maximum Gasteiger partial charge on any atom is 0.305 e. The Morgan fingerprint density at radius 3 is 2.33 bits per heavy atom. The fourth-order valence-electron chi connectivity index (χ4n) is 0.697. The van der Waals surface area contributed by atoms with Crippen LogP contribution in [-0.4, -0.2) is 25.3 Å². The zero-order chi connectivity index (χ0) is 9.61. The molecule has 0 rings (SSSR count). The first-order chi connectivity index (χ1) is 5.45. The molecule has 0 aromatic carbocycles. The molecule has 12 heavy (non-hydrogen) atoms. The molecule has 0 aromatic heterocycles. The molecule has 0 aromatic rings. The zero-order valence-electron chi connectivity index (χ0n) is 8.35. The molecule has 0 aliphatic carbocycles. The van der Waals surface area contributed by atoms with Crippen molar-refractivity contribution in [3.05, 3.63) is 0 Å². The lowest BCUT2D eigenvalue weighted by atomic mass is 10.2. The van der Waals surface area contributed by atoms with Crippen molar-refractivity contribution in [3.63, 3.8) is 0 Å². The molecule has 72 valence electrons. The predicted octanol–water partition coefficient (Wildman–Crippen LogP) is 1.75. The van der Waals surface area contributed by atoms with Crippen LogP contribution in [0.25, 0.3) is 0 Å². The fraction of sp³-hybridized carbons (Fsp3) is 0.889. The molecule has 0 saturated heterocycles. The van der Waals surface area contributed by atoms with Crippen molar-refractivity contribution in [3.8, 4) is 0 Å². The smallest absolute Gasteiger partial charge is 0.305 e. The SMILES string of the molecule is COC(=O)CCCOC(C)(C)C. The van der Waals surface area contributed by atoms with Crippen molar-refractivity contribution in [2.24, 2.45) is 0 Å². The standard InChI is InChI=1S/C9H18O3/c1-9(2,3)12-7-5-6-8(10)11-4/h5-7H2,1-4H3. The summed E-state index contributed by atoms with van der Waals surface area (Å²) in [6.45, 7) is 6.58. The van der Waals surface area contributed by atoms with Gasteiger partial charge in [0.2, 0.25) is 0 Å². The van der Waals surface area contributed by atoms with E-state index in [0.29, 0.717) is 13.0 Å². The number of ether oxygens (including phenoxy) is 2. The summed E-state index contributed by atoms with van der Waals surface area (Å²) in [5, 5.41) is 0. The lowest BCUT2D eigenvalue weighted by Crippen LogP contribution is -2.20. The van der Waals surface area contributed by atoms with Crippen molar-refractivity contribution in [2.45, 2.75) is 39.2 Å². The second-order valence-corrected chi connectivity index (χ2v) is 3.64. The monoisotopic (exact) mass is 174 g/mol. The first kappa shape index (κ1) is 11.4. The third-order valence-corrected chi connectivity index (χ3v) is 1.29. The van der Waals surface area contributed by atoms with Gasteiger partial charge in [0.1, 0.15) is 0 Å². The maximum atomic E-state index is 10.7. The second kappa shape index (κ2) is 5.14. The van der Waals surface area contributed by atoms with E-state index >= 15 is 0 Å². The predicted molar refractivity (Wildman–Crippen MR) is 47.0 cm³/mol. The van der Waals surface area contributed by atoms with Crippen molar-refractivity contribution < 1.29 is 14.3 Å². The summed E-state index contributed by atoms with van der Waals surface area (Å²) < 4.78 is 9.90. The van der Waals surface area contributed by atoms with Crippen LogP contribution >= 0.6 is 0 Å². The number of carbonyl (C=O) groups is 1. The Labute approximate surface area is 74.0 Å². The van der Waals surface area contributed by atoms with Gasteiger partial charge in [-0.1, -0.05) is 0 Å². The van der Waals surface area contributed by atoms with Crippen LogP contribution in [0.5, 0.6) is 0 Å². The van der Waals surface area contributed by atoms with E-state index in [1.807, 2.05) is 20.8 Å². The molecule has 3 nitrogen and oxygen atoms in total. The highest BCUT2D eigenvalue weighted by Gasteiger charge is 2.09. The molecule has 0 radical (unpaired) electrons. The molecule has 0 atom stereocenters. The van der Waals surface area contributed by atoms with Crippen molar-refractivity contribution in [2.75, 3.05) is 13.7 Å². The van der Waals surface area contributed by atoms with Crippen LogP contribution in [0.2, 0.25) is 0 Å². The minimum absolute atomic E-state index is 0.115. The summed E-state index contributed by atoms with van der Waals surface area (Å²) in [6, 6.07) is 0. The highest BCUT2D eigenvalue weighted by molar-refractivity contribution is 5.68. The van der Waals surface area contributed by atoms with Crippen LogP contribution in [0.1, 0.15) is 33.6 Å². The topological polar surface area (TPSA) is 35.5 Å². The van der Waals surface area contributed by atoms with Gasteiger partial charge in [-0.15, -0.1) is 0 Å². The number of carbonyl (C=O) groups excluding carboxylic acids is 1. The number of hydrogen-bond acceptors (Lipinski definition) is 3. The maximum absolute atomic E-state index is 10.7. The van der Waals surface area contributed by atoms with Gasteiger partial charge in [0.15, 0.2) is 0 Å². The van der Waals surface area contributed by atoms with Crippen molar-refractivity contribution >= 4 is 5.97 Å². The molecule has 0 amide bonds. The third kappa shape index (κ3) is 7.54. The first-order valence-corrected chi connectivity index (χ1v) is 4.16. The Bertz CT molecular complexity index is 135. The van der Waals surface area contributed by atoms with Crippen LogP contribution in [0.3, 0.4) is 0 Å².